The number of alkyl halides is 4. The fraction of sp³-hybridized carbons (Fsp3) is 0.800. The van der Waals surface area contributed by atoms with Crippen molar-refractivity contribution in [1.82, 2.24) is 0 Å². The third-order valence-electron chi connectivity index (χ3n) is 1.01. The lowest BCUT2D eigenvalue weighted by atomic mass is 10.2. The van der Waals surface area contributed by atoms with E-state index in [0.717, 1.165) is 0 Å². The van der Waals surface area contributed by atoms with E-state index in [9.17, 15) is 22.4 Å². The van der Waals surface area contributed by atoms with Crippen molar-refractivity contribution < 1.29 is 27.5 Å². The maximum absolute atomic E-state index is 12.1. The minimum absolute atomic E-state index is 1.73. The van der Waals surface area contributed by atoms with E-state index in [4.69, 9.17) is 5.11 Å². The summed E-state index contributed by atoms with van der Waals surface area (Å²) in [5, 5.41) is 7.79. The van der Waals surface area contributed by atoms with Crippen molar-refractivity contribution in [2.75, 3.05) is 6.67 Å². The van der Waals surface area contributed by atoms with Gasteiger partial charge in [0.1, 0.15) is 6.67 Å². The zero-order chi connectivity index (χ0) is 9.02. The first-order valence-electron chi connectivity index (χ1n) is 2.71. The number of aliphatic carboxylic acids is 1. The highest BCUT2D eigenvalue weighted by molar-refractivity contribution is 5.72. The van der Waals surface area contributed by atoms with Crippen LogP contribution in [0.4, 0.5) is 17.6 Å². The van der Waals surface area contributed by atoms with Crippen LogP contribution in [0.25, 0.3) is 0 Å². The normalized spacial score (nSPS) is 18.9. The first kappa shape index (κ1) is 10.2. The van der Waals surface area contributed by atoms with Crippen LogP contribution in [0.5, 0.6) is 0 Å². The molecule has 1 N–H and O–H groups in total. The number of carboxylic acid groups (broad SMARTS) is 1. The number of carboxylic acids is 1. The molecule has 0 aromatic rings. The Hall–Kier alpha value is -0.810. The number of halogens is 4. The molecule has 0 spiro atoms. The topological polar surface area (TPSA) is 37.3 Å². The van der Waals surface area contributed by atoms with E-state index in [1.54, 1.807) is 0 Å². The molecule has 6 heteroatoms. The van der Waals surface area contributed by atoms with E-state index in [-0.39, 0.29) is 0 Å². The summed E-state index contributed by atoms with van der Waals surface area (Å²) in [5.74, 6) is -2.13. The van der Waals surface area contributed by atoms with Gasteiger partial charge in [-0.25, -0.2) is 22.4 Å². The Balaban J connectivity index is 4.00. The fourth-order valence-electron chi connectivity index (χ4n) is 0.405. The Kier molecular flexibility index (Phi) is 3.84. The molecule has 0 heterocycles. The molecule has 2 nitrogen and oxygen atoms in total. The van der Waals surface area contributed by atoms with E-state index < -0.39 is 31.2 Å². The maximum Gasteiger partial charge on any atom is 0.341 e. The minimum Gasteiger partial charge on any atom is -0.479 e. The van der Waals surface area contributed by atoms with Gasteiger partial charge in [0.25, 0.3) is 0 Å². The van der Waals surface area contributed by atoms with Crippen LogP contribution in [0.1, 0.15) is 0 Å². The van der Waals surface area contributed by atoms with Gasteiger partial charge in [0, 0.05) is 0 Å². The van der Waals surface area contributed by atoms with Gasteiger partial charge >= 0.3 is 5.97 Å². The van der Waals surface area contributed by atoms with Gasteiger partial charge in [-0.3, -0.25) is 0 Å². The van der Waals surface area contributed by atoms with Crippen LogP contribution in [-0.2, 0) is 4.79 Å². The molecule has 3 unspecified atom stereocenters. The molecule has 0 aliphatic heterocycles. The van der Waals surface area contributed by atoms with Crippen LogP contribution < -0.4 is 0 Å². The molecule has 0 saturated carbocycles. The van der Waals surface area contributed by atoms with Crippen molar-refractivity contribution in [3.8, 4) is 0 Å². The molecular weight excluding hydrogens is 168 g/mol. The van der Waals surface area contributed by atoms with Crippen molar-refractivity contribution in [3.05, 3.63) is 0 Å². The molecule has 0 bridgehead atoms. The molecule has 0 aromatic carbocycles. The number of hydrogen-bond acceptors (Lipinski definition) is 1. The van der Waals surface area contributed by atoms with Crippen molar-refractivity contribution in [3.63, 3.8) is 0 Å². The lowest BCUT2D eigenvalue weighted by Crippen LogP contribution is -2.35. The summed E-state index contributed by atoms with van der Waals surface area (Å²) in [6.07, 6.45) is -8.64. The van der Waals surface area contributed by atoms with Gasteiger partial charge in [-0.05, 0) is 0 Å². The highest BCUT2D eigenvalue weighted by Gasteiger charge is 2.34. The summed E-state index contributed by atoms with van der Waals surface area (Å²) in [6, 6.07) is 0. The molecule has 66 valence electrons. The van der Waals surface area contributed by atoms with Crippen molar-refractivity contribution in [2.45, 2.75) is 18.5 Å². The Labute approximate surface area is 59.8 Å². The van der Waals surface area contributed by atoms with Crippen molar-refractivity contribution >= 4 is 5.97 Å². The summed E-state index contributed by atoms with van der Waals surface area (Å²) in [6.45, 7) is -1.73. The fourth-order valence-corrected chi connectivity index (χ4v) is 0.405. The third kappa shape index (κ3) is 2.73. The minimum atomic E-state index is -3.00. The highest BCUT2D eigenvalue weighted by Crippen LogP contribution is 2.12. The predicted octanol–water partition coefficient (Wildman–Crippen LogP) is 1.05. The predicted molar refractivity (Wildman–Crippen MR) is 28.3 cm³/mol. The van der Waals surface area contributed by atoms with Crippen LogP contribution in [0.2, 0.25) is 0 Å². The molecule has 0 amide bonds. The van der Waals surface area contributed by atoms with E-state index >= 15 is 0 Å². The van der Waals surface area contributed by atoms with Crippen molar-refractivity contribution in [2.24, 2.45) is 0 Å². The van der Waals surface area contributed by atoms with Crippen LogP contribution in [0.15, 0.2) is 0 Å². The monoisotopic (exact) mass is 174 g/mol. The lowest BCUT2D eigenvalue weighted by Gasteiger charge is -2.10. The van der Waals surface area contributed by atoms with Crippen LogP contribution in [-0.4, -0.2) is 36.3 Å². The van der Waals surface area contributed by atoms with Crippen LogP contribution in [0.3, 0.4) is 0 Å². The van der Waals surface area contributed by atoms with Crippen LogP contribution >= 0.6 is 0 Å². The van der Waals surface area contributed by atoms with Gasteiger partial charge in [0.15, 0.2) is 12.3 Å². The van der Waals surface area contributed by atoms with Gasteiger partial charge in [-0.2, -0.15) is 0 Å². The average molecular weight is 174 g/mol. The summed E-state index contributed by atoms with van der Waals surface area (Å²) < 4.78 is 47.2. The first-order valence-corrected chi connectivity index (χ1v) is 2.71. The zero-order valence-corrected chi connectivity index (χ0v) is 5.31. The Bertz CT molecular complexity index is 140. The van der Waals surface area contributed by atoms with E-state index in [2.05, 4.69) is 0 Å². The molecule has 0 saturated heterocycles. The van der Waals surface area contributed by atoms with E-state index in [1.165, 1.54) is 0 Å². The van der Waals surface area contributed by atoms with Gasteiger partial charge < -0.3 is 5.11 Å². The quantitative estimate of drug-likeness (QED) is 0.647. The summed E-state index contributed by atoms with van der Waals surface area (Å²) in [4.78, 5) is 9.66. The second kappa shape index (κ2) is 4.15. The van der Waals surface area contributed by atoms with Crippen LogP contribution in [0, 0.1) is 0 Å². The van der Waals surface area contributed by atoms with Crippen molar-refractivity contribution in [1.29, 1.82) is 0 Å². The number of hydrogen-bond donors (Lipinski definition) is 1. The molecule has 0 aliphatic rings. The summed E-state index contributed by atoms with van der Waals surface area (Å²) in [5.41, 5.74) is 0. The summed E-state index contributed by atoms with van der Waals surface area (Å²) >= 11 is 0. The summed E-state index contributed by atoms with van der Waals surface area (Å²) in [7, 11) is 0. The molecule has 0 fully saturated rings. The Morgan fingerprint density at radius 2 is 1.82 bits per heavy atom. The second-order valence-corrected chi connectivity index (χ2v) is 1.85. The zero-order valence-electron chi connectivity index (χ0n) is 5.31. The molecule has 0 aliphatic carbocycles. The SMILES string of the molecule is O=C(O)C(F)C(F)C(F)CF. The maximum atomic E-state index is 12.1. The number of carbonyl (C=O) groups is 1. The average Bonchev–Trinajstić information content (AvgIpc) is 2.00. The molecule has 0 rings (SSSR count). The molecule has 0 aromatic heterocycles. The molecular formula is C5H6F4O2. The second-order valence-electron chi connectivity index (χ2n) is 1.85. The van der Waals surface area contributed by atoms with E-state index in [1.807, 2.05) is 0 Å². The number of rotatable bonds is 4. The van der Waals surface area contributed by atoms with Gasteiger partial charge in [-0.15, -0.1) is 0 Å². The standard InChI is InChI=1S/C5H6F4O2/c6-1-2(7)3(8)4(9)5(10)11/h2-4H,1H2,(H,10,11). The molecule has 11 heavy (non-hydrogen) atoms. The lowest BCUT2D eigenvalue weighted by molar-refractivity contribution is -0.146. The third-order valence-corrected chi connectivity index (χ3v) is 1.01. The smallest absolute Gasteiger partial charge is 0.341 e. The first-order chi connectivity index (χ1) is 5.00. The highest BCUT2D eigenvalue weighted by atomic mass is 19.2. The van der Waals surface area contributed by atoms with Gasteiger partial charge in [-0.1, -0.05) is 0 Å². The molecule has 0 radical (unpaired) electrons. The van der Waals surface area contributed by atoms with Gasteiger partial charge in [0.2, 0.25) is 6.17 Å². The Morgan fingerprint density at radius 1 is 1.36 bits per heavy atom. The molecule has 3 atom stereocenters. The van der Waals surface area contributed by atoms with E-state index in [0.29, 0.717) is 0 Å². The van der Waals surface area contributed by atoms with Gasteiger partial charge in [0.05, 0.1) is 0 Å². The Morgan fingerprint density at radius 3 is 2.09 bits per heavy atom. The largest absolute Gasteiger partial charge is 0.479 e.